The number of hydrogen-bond donors (Lipinski definition) is 1. The molecule has 1 amide bonds. The summed E-state index contributed by atoms with van der Waals surface area (Å²) in [6.07, 6.45) is 2.25. The van der Waals surface area contributed by atoms with E-state index in [1.807, 2.05) is 30.5 Å². The van der Waals surface area contributed by atoms with Crippen molar-refractivity contribution in [2.24, 2.45) is 0 Å². The number of carbonyl (C=O) groups is 1. The fraction of sp³-hybridized carbons (Fsp3) is 0.286. The highest BCUT2D eigenvalue weighted by atomic mass is 16.5. The zero-order chi connectivity index (χ0) is 19.4. The van der Waals surface area contributed by atoms with E-state index >= 15 is 0 Å². The summed E-state index contributed by atoms with van der Waals surface area (Å²) in [6, 6.07) is 11.5. The van der Waals surface area contributed by atoms with Crippen LogP contribution < -0.4 is 19.5 Å². The number of aryl methyl sites for hydroxylation is 1. The number of amides is 1. The zero-order valence-corrected chi connectivity index (χ0v) is 16.0. The molecule has 0 aliphatic carbocycles. The van der Waals surface area contributed by atoms with Crippen molar-refractivity contribution in [3.8, 4) is 17.2 Å². The highest BCUT2D eigenvalue weighted by Gasteiger charge is 2.15. The minimum atomic E-state index is -0.112. The number of benzene rings is 2. The number of aromatic nitrogens is 1. The number of nitrogens with one attached hydrogen (secondary N) is 1. The van der Waals surface area contributed by atoms with Crippen LogP contribution in [0.1, 0.15) is 12.5 Å². The van der Waals surface area contributed by atoms with Crippen molar-refractivity contribution in [2.75, 3.05) is 26.6 Å². The van der Waals surface area contributed by atoms with Gasteiger partial charge >= 0.3 is 0 Å². The molecule has 142 valence electrons. The summed E-state index contributed by atoms with van der Waals surface area (Å²) < 4.78 is 18.2. The standard InChI is InChI=1S/C21H24N2O4/c1-5-23-9-8-15-13-16(6-7-17(15)23)22-20(24)12-14-10-18(25-2)21(27-4)19(11-14)26-3/h6-11,13H,5,12H2,1-4H3,(H,22,24). The van der Waals surface area contributed by atoms with Gasteiger partial charge in [0, 0.05) is 29.3 Å². The van der Waals surface area contributed by atoms with Gasteiger partial charge in [-0.2, -0.15) is 0 Å². The van der Waals surface area contributed by atoms with Crippen molar-refractivity contribution in [3.63, 3.8) is 0 Å². The topological polar surface area (TPSA) is 61.7 Å². The minimum Gasteiger partial charge on any atom is -0.493 e. The Bertz CT molecular complexity index is 937. The molecule has 2 aromatic carbocycles. The van der Waals surface area contributed by atoms with Gasteiger partial charge in [0.15, 0.2) is 11.5 Å². The van der Waals surface area contributed by atoms with E-state index in [1.54, 1.807) is 33.5 Å². The smallest absolute Gasteiger partial charge is 0.228 e. The van der Waals surface area contributed by atoms with E-state index < -0.39 is 0 Å². The maximum absolute atomic E-state index is 12.5. The van der Waals surface area contributed by atoms with E-state index in [-0.39, 0.29) is 12.3 Å². The fourth-order valence-electron chi connectivity index (χ4n) is 3.18. The van der Waals surface area contributed by atoms with Crippen molar-refractivity contribution in [1.29, 1.82) is 0 Å². The van der Waals surface area contributed by atoms with Crippen LogP contribution in [0, 0.1) is 0 Å². The first-order chi connectivity index (χ1) is 13.1. The Kier molecular flexibility index (Phi) is 5.54. The van der Waals surface area contributed by atoms with Gasteiger partial charge in [0.2, 0.25) is 11.7 Å². The van der Waals surface area contributed by atoms with Crippen LogP contribution in [0.25, 0.3) is 10.9 Å². The maximum atomic E-state index is 12.5. The molecule has 0 aliphatic rings. The van der Waals surface area contributed by atoms with Crippen molar-refractivity contribution >= 4 is 22.5 Å². The second-order valence-electron chi connectivity index (χ2n) is 6.13. The molecular weight excluding hydrogens is 344 g/mol. The Hall–Kier alpha value is -3.15. The van der Waals surface area contributed by atoms with Gasteiger partial charge in [0.1, 0.15) is 0 Å². The van der Waals surface area contributed by atoms with Crippen molar-refractivity contribution in [1.82, 2.24) is 4.57 Å². The molecule has 0 saturated heterocycles. The summed E-state index contributed by atoms with van der Waals surface area (Å²) in [5.74, 6) is 1.46. The number of nitrogens with zero attached hydrogens (tertiary/aromatic N) is 1. The first kappa shape index (κ1) is 18.6. The molecule has 3 rings (SSSR count). The predicted octanol–water partition coefficient (Wildman–Crippen LogP) is 3.87. The van der Waals surface area contributed by atoms with Crippen LogP contribution in [-0.2, 0) is 17.8 Å². The summed E-state index contributed by atoms with van der Waals surface area (Å²) >= 11 is 0. The summed E-state index contributed by atoms with van der Waals surface area (Å²) in [4.78, 5) is 12.5. The molecule has 0 aliphatic heterocycles. The number of carbonyl (C=O) groups excluding carboxylic acids is 1. The van der Waals surface area contributed by atoms with E-state index in [9.17, 15) is 4.79 Å². The summed E-state index contributed by atoms with van der Waals surface area (Å²) in [6.45, 7) is 3.02. The van der Waals surface area contributed by atoms with Crippen LogP contribution >= 0.6 is 0 Å². The van der Waals surface area contributed by atoms with Gasteiger partial charge in [0.25, 0.3) is 0 Å². The molecule has 0 atom stereocenters. The maximum Gasteiger partial charge on any atom is 0.228 e. The zero-order valence-electron chi connectivity index (χ0n) is 16.0. The molecule has 1 aromatic heterocycles. The molecule has 0 fully saturated rings. The molecule has 0 unspecified atom stereocenters. The predicted molar refractivity (Wildman–Crippen MR) is 106 cm³/mol. The fourth-order valence-corrected chi connectivity index (χ4v) is 3.18. The molecule has 0 spiro atoms. The molecule has 0 saturated carbocycles. The lowest BCUT2D eigenvalue weighted by atomic mass is 10.1. The van der Waals surface area contributed by atoms with Crippen LogP contribution in [0.15, 0.2) is 42.6 Å². The minimum absolute atomic E-state index is 0.112. The van der Waals surface area contributed by atoms with Gasteiger partial charge in [-0.3, -0.25) is 4.79 Å². The molecule has 0 radical (unpaired) electrons. The van der Waals surface area contributed by atoms with Crippen LogP contribution in [0.4, 0.5) is 5.69 Å². The van der Waals surface area contributed by atoms with Crippen LogP contribution in [-0.4, -0.2) is 31.8 Å². The lowest BCUT2D eigenvalue weighted by Crippen LogP contribution is -2.14. The highest BCUT2D eigenvalue weighted by molar-refractivity contribution is 5.95. The number of fused-ring (bicyclic) bond motifs is 1. The summed E-state index contributed by atoms with van der Waals surface area (Å²) in [7, 11) is 4.66. The molecular formula is C21H24N2O4. The van der Waals surface area contributed by atoms with Crippen LogP contribution in [0.5, 0.6) is 17.2 Å². The van der Waals surface area contributed by atoms with Gasteiger partial charge in [-0.15, -0.1) is 0 Å². The van der Waals surface area contributed by atoms with E-state index in [2.05, 4.69) is 16.8 Å². The Morgan fingerprint density at radius 3 is 2.30 bits per heavy atom. The molecule has 27 heavy (non-hydrogen) atoms. The first-order valence-corrected chi connectivity index (χ1v) is 8.77. The van der Waals surface area contributed by atoms with E-state index in [1.165, 1.54) is 0 Å². The molecule has 6 nitrogen and oxygen atoms in total. The third-order valence-electron chi connectivity index (χ3n) is 4.48. The number of methoxy groups -OCH3 is 3. The van der Waals surface area contributed by atoms with Crippen LogP contribution in [0.2, 0.25) is 0 Å². The average Bonchev–Trinajstić information content (AvgIpc) is 3.09. The molecule has 0 bridgehead atoms. The molecule has 1 N–H and O–H groups in total. The SMILES string of the molecule is CCn1ccc2cc(NC(=O)Cc3cc(OC)c(OC)c(OC)c3)ccc21. The summed E-state index contributed by atoms with van der Waals surface area (Å²) in [5.41, 5.74) is 2.70. The molecule has 3 aromatic rings. The van der Waals surface area contributed by atoms with E-state index in [0.717, 1.165) is 28.7 Å². The monoisotopic (exact) mass is 368 g/mol. The quantitative estimate of drug-likeness (QED) is 0.688. The van der Waals surface area contributed by atoms with Crippen molar-refractivity contribution in [2.45, 2.75) is 19.9 Å². The second kappa shape index (κ2) is 8.03. The Morgan fingerprint density at radius 1 is 1.00 bits per heavy atom. The number of hydrogen-bond acceptors (Lipinski definition) is 4. The lowest BCUT2D eigenvalue weighted by molar-refractivity contribution is -0.115. The van der Waals surface area contributed by atoms with Gasteiger partial charge < -0.3 is 24.1 Å². The number of rotatable bonds is 7. The molecule has 1 heterocycles. The largest absolute Gasteiger partial charge is 0.493 e. The van der Waals surface area contributed by atoms with E-state index in [4.69, 9.17) is 14.2 Å². The van der Waals surface area contributed by atoms with Gasteiger partial charge in [-0.25, -0.2) is 0 Å². The van der Waals surface area contributed by atoms with Gasteiger partial charge in [0.05, 0.1) is 27.8 Å². The highest BCUT2D eigenvalue weighted by Crippen LogP contribution is 2.38. The normalized spacial score (nSPS) is 10.7. The van der Waals surface area contributed by atoms with Gasteiger partial charge in [-0.1, -0.05) is 0 Å². The van der Waals surface area contributed by atoms with E-state index in [0.29, 0.717) is 17.2 Å². The Morgan fingerprint density at radius 2 is 1.70 bits per heavy atom. The lowest BCUT2D eigenvalue weighted by Gasteiger charge is -2.14. The number of ether oxygens (including phenoxy) is 3. The Labute approximate surface area is 158 Å². The third kappa shape index (κ3) is 3.84. The Balaban J connectivity index is 1.77. The molecule has 6 heteroatoms. The van der Waals surface area contributed by atoms with Crippen molar-refractivity contribution < 1.29 is 19.0 Å². The van der Waals surface area contributed by atoms with Gasteiger partial charge in [-0.05, 0) is 48.9 Å². The second-order valence-corrected chi connectivity index (χ2v) is 6.13. The average molecular weight is 368 g/mol. The van der Waals surface area contributed by atoms with Crippen molar-refractivity contribution in [3.05, 3.63) is 48.2 Å². The summed E-state index contributed by atoms with van der Waals surface area (Å²) in [5, 5.41) is 4.05. The first-order valence-electron chi connectivity index (χ1n) is 8.77. The van der Waals surface area contributed by atoms with Crippen LogP contribution in [0.3, 0.4) is 0 Å². The third-order valence-corrected chi connectivity index (χ3v) is 4.48. The number of anilines is 1.